The lowest BCUT2D eigenvalue weighted by Crippen LogP contribution is -2.21. The number of H-pyrrole nitrogens is 1. The number of nitrogens with one attached hydrogen (secondary N) is 1. The van der Waals surface area contributed by atoms with Crippen LogP contribution in [0.15, 0.2) is 48.8 Å². The standard InChI is InChI=1S/C23H26N4/c1-15-8-16(2)23(17(3)9-15)20-11-19(22-10-18(4)24-25-22)12-21(13-20)27-7-6-26(5)14-27/h6-13H,14H2,1-5H3,(H,24,25)/i5D3. The lowest BCUT2D eigenvalue weighted by atomic mass is 9.92. The van der Waals surface area contributed by atoms with Crippen molar-refractivity contribution in [3.63, 3.8) is 0 Å². The quantitative estimate of drug-likeness (QED) is 0.700. The van der Waals surface area contributed by atoms with Gasteiger partial charge in [0.15, 0.2) is 0 Å². The van der Waals surface area contributed by atoms with Gasteiger partial charge in [-0.1, -0.05) is 17.7 Å². The van der Waals surface area contributed by atoms with Crippen LogP contribution in [0, 0.1) is 27.7 Å². The number of nitrogens with zero attached hydrogens (tertiary/aromatic N) is 3. The summed E-state index contributed by atoms with van der Waals surface area (Å²) in [5.41, 5.74) is 9.76. The summed E-state index contributed by atoms with van der Waals surface area (Å²) < 4.78 is 23.0. The molecule has 4 heteroatoms. The fraction of sp³-hybridized carbons (Fsp3) is 0.261. The van der Waals surface area contributed by atoms with Crippen LogP contribution in [0.1, 0.15) is 26.5 Å². The highest BCUT2D eigenvalue weighted by Crippen LogP contribution is 2.35. The van der Waals surface area contributed by atoms with E-state index in [4.69, 9.17) is 4.11 Å². The lowest BCUT2D eigenvalue weighted by molar-refractivity contribution is 0.496. The minimum absolute atomic E-state index is 0.283. The molecule has 2 heterocycles. The van der Waals surface area contributed by atoms with E-state index in [1.807, 2.05) is 24.1 Å². The number of aryl methyl sites for hydroxylation is 4. The van der Waals surface area contributed by atoms with Crippen molar-refractivity contribution < 1.29 is 4.11 Å². The van der Waals surface area contributed by atoms with Gasteiger partial charge in [0.05, 0.1) is 12.4 Å². The van der Waals surface area contributed by atoms with E-state index in [1.54, 1.807) is 6.20 Å². The zero-order chi connectivity index (χ0) is 21.6. The first-order valence-electron chi connectivity index (χ1n) is 10.6. The van der Waals surface area contributed by atoms with Gasteiger partial charge >= 0.3 is 0 Å². The van der Waals surface area contributed by atoms with Crippen molar-refractivity contribution in [1.82, 2.24) is 15.1 Å². The third kappa shape index (κ3) is 3.35. The first-order valence-corrected chi connectivity index (χ1v) is 9.09. The molecule has 3 aromatic rings. The molecule has 2 aromatic carbocycles. The molecule has 1 N–H and O–H groups in total. The number of aromatic amines is 1. The average molecular weight is 362 g/mol. The summed E-state index contributed by atoms with van der Waals surface area (Å²) in [6.07, 6.45) is 3.44. The summed E-state index contributed by atoms with van der Waals surface area (Å²) in [4.78, 5) is 3.32. The maximum atomic E-state index is 7.68. The number of rotatable bonds is 3. The van der Waals surface area contributed by atoms with E-state index in [1.165, 1.54) is 27.2 Å². The molecule has 1 aliphatic rings. The van der Waals surface area contributed by atoms with Gasteiger partial charge in [0.2, 0.25) is 0 Å². The van der Waals surface area contributed by atoms with Crippen molar-refractivity contribution in [2.24, 2.45) is 0 Å². The zero-order valence-corrected chi connectivity index (χ0v) is 16.2. The van der Waals surface area contributed by atoms with Gasteiger partial charge in [0, 0.05) is 40.4 Å². The van der Waals surface area contributed by atoms with Gasteiger partial charge in [-0.25, -0.2) is 0 Å². The molecule has 4 nitrogen and oxygen atoms in total. The van der Waals surface area contributed by atoms with E-state index < -0.39 is 6.98 Å². The second kappa shape index (κ2) is 6.62. The monoisotopic (exact) mass is 361 g/mol. The summed E-state index contributed by atoms with van der Waals surface area (Å²) in [6.45, 7) is 6.47. The Hall–Kier alpha value is -3.01. The van der Waals surface area contributed by atoms with E-state index >= 15 is 0 Å². The number of anilines is 1. The smallest absolute Gasteiger partial charge is 0.0938 e. The number of aromatic nitrogens is 2. The molecular formula is C23H26N4. The van der Waals surface area contributed by atoms with Crippen LogP contribution < -0.4 is 4.90 Å². The van der Waals surface area contributed by atoms with E-state index in [0.717, 1.165) is 28.2 Å². The lowest BCUT2D eigenvalue weighted by Gasteiger charge is -2.21. The van der Waals surface area contributed by atoms with E-state index in [-0.39, 0.29) is 6.67 Å². The molecule has 0 amide bonds. The van der Waals surface area contributed by atoms with E-state index in [2.05, 4.69) is 61.3 Å². The Bertz CT molecular complexity index is 1100. The van der Waals surface area contributed by atoms with Crippen molar-refractivity contribution in [3.8, 4) is 22.4 Å². The molecule has 0 bridgehead atoms. The molecular weight excluding hydrogens is 332 g/mol. The molecule has 0 saturated heterocycles. The Balaban J connectivity index is 1.84. The molecule has 1 aromatic heterocycles. The van der Waals surface area contributed by atoms with Gasteiger partial charge < -0.3 is 9.80 Å². The molecule has 0 saturated carbocycles. The SMILES string of the molecule is [2H]C([2H])([2H])N1C=CN(c2cc(-c3cc(C)[nH]n3)cc(-c3c(C)cc(C)cc3C)c2)C1. The van der Waals surface area contributed by atoms with Crippen molar-refractivity contribution in [3.05, 3.63) is 71.2 Å². The highest BCUT2D eigenvalue weighted by Gasteiger charge is 2.16. The second-order valence-corrected chi connectivity index (χ2v) is 7.36. The highest BCUT2D eigenvalue weighted by molar-refractivity contribution is 5.80. The van der Waals surface area contributed by atoms with Crippen LogP contribution in [0.2, 0.25) is 0 Å². The predicted molar refractivity (Wildman–Crippen MR) is 113 cm³/mol. The third-order valence-electron chi connectivity index (χ3n) is 4.95. The number of hydrogen-bond donors (Lipinski definition) is 1. The number of benzene rings is 2. The van der Waals surface area contributed by atoms with Crippen LogP contribution in [0.4, 0.5) is 5.69 Å². The molecule has 0 atom stereocenters. The van der Waals surface area contributed by atoms with Crippen LogP contribution in [-0.2, 0) is 0 Å². The summed E-state index contributed by atoms with van der Waals surface area (Å²) in [5, 5.41) is 7.45. The van der Waals surface area contributed by atoms with Crippen LogP contribution >= 0.6 is 0 Å². The largest absolute Gasteiger partial charge is 0.361 e. The van der Waals surface area contributed by atoms with Gasteiger partial charge in [-0.2, -0.15) is 5.10 Å². The molecule has 138 valence electrons. The fourth-order valence-electron chi connectivity index (χ4n) is 3.86. The van der Waals surface area contributed by atoms with Gasteiger partial charge in [0.1, 0.15) is 0 Å². The Morgan fingerprint density at radius 2 is 1.67 bits per heavy atom. The van der Waals surface area contributed by atoms with Gasteiger partial charge in [-0.15, -0.1) is 0 Å². The Morgan fingerprint density at radius 3 is 2.30 bits per heavy atom. The van der Waals surface area contributed by atoms with Crippen LogP contribution in [0.3, 0.4) is 0 Å². The highest BCUT2D eigenvalue weighted by atomic mass is 15.3. The molecule has 0 radical (unpaired) electrons. The summed E-state index contributed by atoms with van der Waals surface area (Å²) in [6, 6.07) is 12.8. The average Bonchev–Trinajstić information content (AvgIpc) is 3.29. The fourth-order valence-corrected chi connectivity index (χ4v) is 3.86. The topological polar surface area (TPSA) is 35.2 Å². The zero-order valence-electron chi connectivity index (χ0n) is 19.2. The van der Waals surface area contributed by atoms with Gasteiger partial charge in [-0.05, 0) is 74.2 Å². The summed E-state index contributed by atoms with van der Waals surface area (Å²) in [5.74, 6) is 0. The molecule has 4 rings (SSSR count). The van der Waals surface area contributed by atoms with E-state index in [9.17, 15) is 0 Å². The predicted octanol–water partition coefficient (Wildman–Crippen LogP) is 5.16. The number of hydrogen-bond acceptors (Lipinski definition) is 3. The van der Waals surface area contributed by atoms with Crippen LogP contribution in [-0.4, -0.2) is 28.7 Å². The van der Waals surface area contributed by atoms with Gasteiger partial charge in [-0.3, -0.25) is 5.10 Å². The molecule has 0 fully saturated rings. The molecule has 1 aliphatic heterocycles. The first kappa shape index (κ1) is 14.1. The maximum absolute atomic E-state index is 7.68. The first-order chi connectivity index (χ1) is 14.1. The molecule has 0 unspecified atom stereocenters. The Kier molecular flexibility index (Phi) is 3.45. The van der Waals surface area contributed by atoms with Crippen molar-refractivity contribution in [2.75, 3.05) is 18.5 Å². The third-order valence-corrected chi connectivity index (χ3v) is 4.95. The second-order valence-electron chi connectivity index (χ2n) is 7.36. The molecule has 0 aliphatic carbocycles. The summed E-state index contributed by atoms with van der Waals surface area (Å²) in [7, 11) is 0. The van der Waals surface area contributed by atoms with Crippen LogP contribution in [0.25, 0.3) is 22.4 Å². The minimum Gasteiger partial charge on any atom is -0.361 e. The molecule has 27 heavy (non-hydrogen) atoms. The van der Waals surface area contributed by atoms with Crippen molar-refractivity contribution in [1.29, 1.82) is 0 Å². The Morgan fingerprint density at radius 1 is 0.926 bits per heavy atom. The Labute approximate surface area is 165 Å². The maximum Gasteiger partial charge on any atom is 0.0938 e. The molecule has 0 spiro atoms. The minimum atomic E-state index is -2.16. The van der Waals surface area contributed by atoms with Crippen molar-refractivity contribution >= 4 is 5.69 Å². The van der Waals surface area contributed by atoms with Crippen LogP contribution in [0.5, 0.6) is 0 Å². The van der Waals surface area contributed by atoms with E-state index in [0.29, 0.717) is 0 Å². The van der Waals surface area contributed by atoms with Gasteiger partial charge in [0.25, 0.3) is 0 Å². The summed E-state index contributed by atoms with van der Waals surface area (Å²) >= 11 is 0. The van der Waals surface area contributed by atoms with Crippen molar-refractivity contribution in [2.45, 2.75) is 27.7 Å². The normalized spacial score (nSPS) is 15.8.